The minimum atomic E-state index is -1.08. The summed E-state index contributed by atoms with van der Waals surface area (Å²) in [6.07, 6.45) is 0. The molecular formula is C22H22O4S. The molecule has 0 saturated heterocycles. The van der Waals surface area contributed by atoms with Crippen molar-refractivity contribution in [1.29, 1.82) is 0 Å². The number of hydrogen-bond acceptors (Lipinski definition) is 5. The van der Waals surface area contributed by atoms with Gasteiger partial charge in [0.15, 0.2) is 11.5 Å². The fourth-order valence-corrected chi connectivity index (χ4v) is 3.88. The van der Waals surface area contributed by atoms with Crippen LogP contribution in [-0.4, -0.2) is 32.0 Å². The molecule has 0 aliphatic carbocycles. The van der Waals surface area contributed by atoms with Gasteiger partial charge in [0.05, 0.1) is 31.8 Å². The zero-order chi connectivity index (χ0) is 19.6. The van der Waals surface area contributed by atoms with Crippen LogP contribution in [-0.2, 0) is 0 Å². The van der Waals surface area contributed by atoms with Crippen LogP contribution in [0.2, 0.25) is 0 Å². The highest BCUT2D eigenvalue weighted by atomic mass is 32.1. The number of fused-ring (bicyclic) bond motifs is 1. The Bertz CT molecular complexity index is 1010. The minimum Gasteiger partial charge on any atom is -0.497 e. The van der Waals surface area contributed by atoms with Crippen LogP contribution >= 0.6 is 11.3 Å². The van der Waals surface area contributed by atoms with Gasteiger partial charge in [0, 0.05) is 16.2 Å². The zero-order valence-corrected chi connectivity index (χ0v) is 16.9. The summed E-state index contributed by atoms with van der Waals surface area (Å²) in [6, 6.07) is 11.8. The summed E-state index contributed by atoms with van der Waals surface area (Å²) in [5.41, 5.74) is 0.820. The Morgan fingerprint density at radius 1 is 0.926 bits per heavy atom. The van der Waals surface area contributed by atoms with Gasteiger partial charge in [-0.15, -0.1) is 11.3 Å². The summed E-state index contributed by atoms with van der Waals surface area (Å²) in [7, 11) is 4.88. The number of methoxy groups -OCH3 is 3. The van der Waals surface area contributed by atoms with Crippen molar-refractivity contribution in [2.75, 3.05) is 21.3 Å². The van der Waals surface area contributed by atoms with E-state index >= 15 is 0 Å². The molecule has 1 N–H and O–H groups in total. The first-order valence-corrected chi connectivity index (χ1v) is 9.26. The van der Waals surface area contributed by atoms with E-state index in [9.17, 15) is 5.11 Å². The molecule has 2 aromatic carbocycles. The normalized spacial score (nSPS) is 11.0. The van der Waals surface area contributed by atoms with Crippen molar-refractivity contribution in [3.63, 3.8) is 0 Å². The molecule has 140 valence electrons. The van der Waals surface area contributed by atoms with Gasteiger partial charge >= 0.3 is 0 Å². The summed E-state index contributed by atoms with van der Waals surface area (Å²) in [4.78, 5) is 1.03. The van der Waals surface area contributed by atoms with E-state index in [4.69, 9.17) is 14.2 Å². The topological polar surface area (TPSA) is 47.9 Å². The first kappa shape index (κ1) is 19.1. The summed E-state index contributed by atoms with van der Waals surface area (Å²) >= 11 is 1.63. The van der Waals surface area contributed by atoms with E-state index in [2.05, 4.69) is 11.8 Å². The van der Waals surface area contributed by atoms with E-state index in [1.165, 1.54) is 0 Å². The van der Waals surface area contributed by atoms with Crippen molar-refractivity contribution >= 4 is 21.4 Å². The van der Waals surface area contributed by atoms with Crippen LogP contribution in [0, 0.1) is 11.8 Å². The highest BCUT2D eigenvalue weighted by molar-refractivity contribution is 7.22. The van der Waals surface area contributed by atoms with Gasteiger partial charge < -0.3 is 19.3 Å². The van der Waals surface area contributed by atoms with Crippen LogP contribution in [0.5, 0.6) is 17.2 Å². The second kappa shape index (κ2) is 7.51. The molecule has 0 radical (unpaired) electrons. The van der Waals surface area contributed by atoms with Crippen molar-refractivity contribution in [3.8, 4) is 39.5 Å². The average Bonchev–Trinajstić information content (AvgIpc) is 3.02. The fraction of sp³-hybridized carbons (Fsp3) is 0.273. The zero-order valence-electron chi connectivity index (χ0n) is 16.0. The van der Waals surface area contributed by atoms with Crippen molar-refractivity contribution < 1.29 is 19.3 Å². The second-order valence-corrected chi connectivity index (χ2v) is 7.60. The van der Waals surface area contributed by atoms with Crippen molar-refractivity contribution in [2.45, 2.75) is 19.4 Å². The average molecular weight is 382 g/mol. The minimum absolute atomic E-state index is 0.649. The standard InChI is InChI=1S/C22H22O4S/c1-22(2,23)11-10-16-17-12-18(25-4)19(26-5)13-20(17)27-21(16)14-6-8-15(24-3)9-7-14/h6-9,12-13,23H,1-5H3. The molecule has 0 aliphatic heterocycles. The van der Waals surface area contributed by atoms with Crippen LogP contribution in [0.1, 0.15) is 19.4 Å². The molecule has 4 nitrogen and oxygen atoms in total. The fourth-order valence-electron chi connectivity index (χ4n) is 2.71. The maximum atomic E-state index is 10.1. The van der Waals surface area contributed by atoms with Gasteiger partial charge in [-0.05, 0) is 49.7 Å². The molecule has 1 aromatic heterocycles. The van der Waals surface area contributed by atoms with Crippen LogP contribution in [0.4, 0.5) is 0 Å². The van der Waals surface area contributed by atoms with Crippen LogP contribution in [0.15, 0.2) is 36.4 Å². The molecule has 0 unspecified atom stereocenters. The third-order valence-electron chi connectivity index (χ3n) is 4.04. The third-order valence-corrected chi connectivity index (χ3v) is 5.24. The van der Waals surface area contributed by atoms with Crippen molar-refractivity contribution in [1.82, 2.24) is 0 Å². The molecule has 0 spiro atoms. The second-order valence-electron chi connectivity index (χ2n) is 6.55. The number of thiophene rings is 1. The number of ether oxygens (including phenoxy) is 3. The molecule has 0 bridgehead atoms. The van der Waals surface area contributed by atoms with E-state index in [1.807, 2.05) is 36.4 Å². The molecule has 0 atom stereocenters. The lowest BCUT2D eigenvalue weighted by Gasteiger charge is -2.08. The maximum absolute atomic E-state index is 10.1. The van der Waals surface area contributed by atoms with Gasteiger partial charge in [0.2, 0.25) is 0 Å². The number of rotatable bonds is 4. The Morgan fingerprint density at radius 2 is 1.56 bits per heavy atom. The Labute approximate surface area is 163 Å². The highest BCUT2D eigenvalue weighted by Crippen LogP contribution is 2.43. The van der Waals surface area contributed by atoms with Crippen molar-refractivity contribution in [3.05, 3.63) is 42.0 Å². The Balaban J connectivity index is 2.28. The number of aliphatic hydroxyl groups is 1. The molecule has 27 heavy (non-hydrogen) atoms. The quantitative estimate of drug-likeness (QED) is 0.664. The van der Waals surface area contributed by atoms with E-state index in [0.29, 0.717) is 11.5 Å². The number of hydrogen-bond donors (Lipinski definition) is 1. The number of benzene rings is 2. The predicted octanol–water partition coefficient (Wildman–Crippen LogP) is 4.72. The lowest BCUT2D eigenvalue weighted by molar-refractivity contribution is 0.143. The first-order valence-electron chi connectivity index (χ1n) is 8.45. The molecule has 5 heteroatoms. The molecule has 3 aromatic rings. The van der Waals surface area contributed by atoms with Gasteiger partial charge in [-0.3, -0.25) is 0 Å². The Hall–Kier alpha value is -2.68. The van der Waals surface area contributed by atoms with E-state index in [-0.39, 0.29) is 0 Å². The lowest BCUT2D eigenvalue weighted by atomic mass is 10.0. The van der Waals surface area contributed by atoms with Crippen LogP contribution < -0.4 is 14.2 Å². The third kappa shape index (κ3) is 4.02. The summed E-state index contributed by atoms with van der Waals surface area (Å²) in [5.74, 6) is 8.23. The molecule has 1 heterocycles. The molecule has 3 rings (SSSR count). The SMILES string of the molecule is COc1ccc(-c2sc3cc(OC)c(OC)cc3c2C#CC(C)(C)O)cc1. The monoisotopic (exact) mass is 382 g/mol. The van der Waals surface area contributed by atoms with Crippen LogP contribution in [0.25, 0.3) is 20.5 Å². The maximum Gasteiger partial charge on any atom is 0.162 e. The summed E-state index contributed by atoms with van der Waals surface area (Å²) in [6.45, 7) is 3.34. The predicted molar refractivity (Wildman–Crippen MR) is 110 cm³/mol. The van der Waals surface area contributed by atoms with E-state index < -0.39 is 5.60 Å². The smallest absolute Gasteiger partial charge is 0.162 e. The molecule has 0 aliphatic rings. The largest absolute Gasteiger partial charge is 0.497 e. The van der Waals surface area contributed by atoms with Gasteiger partial charge in [-0.25, -0.2) is 0 Å². The van der Waals surface area contributed by atoms with Crippen LogP contribution in [0.3, 0.4) is 0 Å². The van der Waals surface area contributed by atoms with Gasteiger partial charge in [-0.2, -0.15) is 0 Å². The molecular weight excluding hydrogens is 360 g/mol. The molecule has 0 fully saturated rings. The van der Waals surface area contributed by atoms with Gasteiger partial charge in [0.1, 0.15) is 11.4 Å². The lowest BCUT2D eigenvalue weighted by Crippen LogP contribution is -2.14. The summed E-state index contributed by atoms with van der Waals surface area (Å²) in [5, 5.41) is 11.0. The highest BCUT2D eigenvalue weighted by Gasteiger charge is 2.17. The summed E-state index contributed by atoms with van der Waals surface area (Å²) < 4.78 is 17.2. The van der Waals surface area contributed by atoms with E-state index in [1.54, 1.807) is 46.5 Å². The Kier molecular flexibility index (Phi) is 5.31. The Morgan fingerprint density at radius 3 is 2.11 bits per heavy atom. The molecule has 0 saturated carbocycles. The molecule has 0 amide bonds. The van der Waals surface area contributed by atoms with Gasteiger partial charge in [0.25, 0.3) is 0 Å². The first-order chi connectivity index (χ1) is 12.9. The van der Waals surface area contributed by atoms with Gasteiger partial charge in [-0.1, -0.05) is 11.8 Å². The van der Waals surface area contributed by atoms with E-state index in [0.717, 1.165) is 31.8 Å². The van der Waals surface area contributed by atoms with Crippen molar-refractivity contribution in [2.24, 2.45) is 0 Å².